The van der Waals surface area contributed by atoms with E-state index in [2.05, 4.69) is 9.44 Å². The second-order valence-corrected chi connectivity index (χ2v) is 9.46. The Balaban J connectivity index is 0.00000264. The van der Waals surface area contributed by atoms with Crippen molar-refractivity contribution >= 4 is 32.5 Å². The molecule has 1 aliphatic carbocycles. The highest BCUT2D eigenvalue weighted by Gasteiger charge is 2.29. The molecule has 23 heavy (non-hydrogen) atoms. The summed E-state index contributed by atoms with van der Waals surface area (Å²) >= 11 is 0. The minimum Gasteiger partial charge on any atom is -0.329 e. The maximum absolute atomic E-state index is 12.2. The summed E-state index contributed by atoms with van der Waals surface area (Å²) in [6, 6.07) is 5.12. The first kappa shape index (κ1) is 20.3. The summed E-state index contributed by atoms with van der Waals surface area (Å²) in [5, 5.41) is 0. The summed E-state index contributed by atoms with van der Waals surface area (Å²) in [6.07, 6.45) is 1.67. The average molecular weight is 384 g/mol. The molecule has 2 rings (SSSR count). The van der Waals surface area contributed by atoms with Crippen molar-refractivity contribution in [1.29, 1.82) is 0 Å². The van der Waals surface area contributed by atoms with Crippen LogP contribution >= 0.6 is 12.4 Å². The third-order valence-electron chi connectivity index (χ3n) is 3.26. The predicted octanol–water partition coefficient (Wildman–Crippen LogP) is 0.565. The molecule has 1 aromatic rings. The molecular weight excluding hydrogens is 362 g/mol. The van der Waals surface area contributed by atoms with Crippen LogP contribution in [0.1, 0.15) is 26.7 Å². The van der Waals surface area contributed by atoms with Crippen LogP contribution in [0.3, 0.4) is 0 Å². The van der Waals surface area contributed by atoms with E-state index in [0.717, 1.165) is 12.8 Å². The maximum atomic E-state index is 12.2. The van der Waals surface area contributed by atoms with Gasteiger partial charge in [-0.1, -0.05) is 0 Å². The first-order valence-corrected chi connectivity index (χ1v) is 9.89. The van der Waals surface area contributed by atoms with Gasteiger partial charge in [-0.25, -0.2) is 26.3 Å². The number of rotatable bonds is 7. The fourth-order valence-electron chi connectivity index (χ4n) is 1.75. The Morgan fingerprint density at radius 2 is 1.48 bits per heavy atom. The van der Waals surface area contributed by atoms with Gasteiger partial charge in [0, 0.05) is 18.1 Å². The van der Waals surface area contributed by atoms with E-state index in [1.807, 2.05) is 0 Å². The van der Waals surface area contributed by atoms with Gasteiger partial charge in [-0.2, -0.15) is 0 Å². The fourth-order valence-corrected chi connectivity index (χ4v) is 4.48. The molecule has 0 heterocycles. The molecule has 10 heteroatoms. The van der Waals surface area contributed by atoms with E-state index in [0.29, 0.717) is 0 Å². The molecule has 4 N–H and O–H groups in total. The van der Waals surface area contributed by atoms with E-state index in [1.54, 1.807) is 13.8 Å². The highest BCUT2D eigenvalue weighted by atomic mass is 35.5. The predicted molar refractivity (Wildman–Crippen MR) is 90.5 cm³/mol. The summed E-state index contributed by atoms with van der Waals surface area (Å²) in [5.41, 5.74) is 4.73. The Labute approximate surface area is 143 Å². The van der Waals surface area contributed by atoms with Gasteiger partial charge in [0.15, 0.2) is 0 Å². The second kappa shape index (κ2) is 7.04. The molecule has 0 spiro atoms. The number of nitrogens with one attached hydrogen (secondary N) is 2. The number of nitrogens with two attached hydrogens (primary N) is 1. The molecule has 0 radical (unpaired) electrons. The number of benzene rings is 1. The molecule has 0 saturated heterocycles. The molecule has 0 aromatic heterocycles. The minimum atomic E-state index is -3.75. The molecule has 0 aliphatic heterocycles. The van der Waals surface area contributed by atoms with E-state index < -0.39 is 25.6 Å². The Morgan fingerprint density at radius 3 is 1.87 bits per heavy atom. The topological polar surface area (TPSA) is 118 Å². The van der Waals surface area contributed by atoms with Crippen LogP contribution in [0.5, 0.6) is 0 Å². The van der Waals surface area contributed by atoms with Crippen molar-refractivity contribution < 1.29 is 16.8 Å². The van der Waals surface area contributed by atoms with Crippen molar-refractivity contribution in [2.24, 2.45) is 5.73 Å². The van der Waals surface area contributed by atoms with Crippen LogP contribution < -0.4 is 15.2 Å². The van der Waals surface area contributed by atoms with Crippen molar-refractivity contribution in [3.8, 4) is 0 Å². The number of halogens is 1. The van der Waals surface area contributed by atoms with Crippen LogP contribution in [0.25, 0.3) is 0 Å². The van der Waals surface area contributed by atoms with Gasteiger partial charge < -0.3 is 5.73 Å². The molecule has 7 nitrogen and oxygen atoms in total. The van der Waals surface area contributed by atoms with Crippen LogP contribution in [0.2, 0.25) is 0 Å². The zero-order valence-corrected chi connectivity index (χ0v) is 15.4. The van der Waals surface area contributed by atoms with Crippen LogP contribution in [0, 0.1) is 0 Å². The van der Waals surface area contributed by atoms with E-state index in [9.17, 15) is 16.8 Å². The molecular formula is C13H22ClN3O4S2. The monoisotopic (exact) mass is 383 g/mol. The lowest BCUT2D eigenvalue weighted by Crippen LogP contribution is -2.48. The van der Waals surface area contributed by atoms with Crippen LogP contribution in [-0.2, 0) is 20.0 Å². The van der Waals surface area contributed by atoms with Crippen molar-refractivity contribution in [2.45, 2.75) is 48.1 Å². The molecule has 0 amide bonds. The van der Waals surface area contributed by atoms with Crippen LogP contribution in [-0.4, -0.2) is 35.0 Å². The third kappa shape index (κ3) is 5.40. The highest BCUT2D eigenvalue weighted by Crippen LogP contribution is 2.23. The molecule has 1 fully saturated rings. The van der Waals surface area contributed by atoms with Crippen LogP contribution in [0.15, 0.2) is 34.1 Å². The Hall–Kier alpha value is -0.710. The summed E-state index contributed by atoms with van der Waals surface area (Å²) in [5.74, 6) is 0. The van der Waals surface area contributed by atoms with Gasteiger partial charge in [0.25, 0.3) is 0 Å². The lowest BCUT2D eigenvalue weighted by atomic mass is 10.1. The summed E-state index contributed by atoms with van der Waals surface area (Å²) < 4.78 is 53.5. The SMILES string of the molecule is CC(C)(CN)NS(=O)(=O)c1ccc(S(=O)(=O)NC2CC2)cc1.Cl. The molecule has 1 aliphatic rings. The zero-order chi connectivity index (χ0) is 16.6. The Kier molecular flexibility index (Phi) is 6.22. The molecule has 0 atom stereocenters. The van der Waals surface area contributed by atoms with Gasteiger partial charge in [0.2, 0.25) is 20.0 Å². The van der Waals surface area contributed by atoms with Gasteiger partial charge in [-0.05, 0) is 51.0 Å². The van der Waals surface area contributed by atoms with Gasteiger partial charge in [0.05, 0.1) is 9.79 Å². The lowest BCUT2D eigenvalue weighted by molar-refractivity contribution is 0.462. The third-order valence-corrected chi connectivity index (χ3v) is 6.51. The largest absolute Gasteiger partial charge is 0.329 e. The molecule has 1 aromatic carbocycles. The van der Waals surface area contributed by atoms with Crippen LogP contribution in [0.4, 0.5) is 0 Å². The second-order valence-electron chi connectivity index (χ2n) is 6.06. The highest BCUT2D eigenvalue weighted by molar-refractivity contribution is 7.90. The van der Waals surface area contributed by atoms with E-state index >= 15 is 0 Å². The minimum absolute atomic E-state index is 0. The van der Waals surface area contributed by atoms with E-state index in [-0.39, 0.29) is 34.8 Å². The molecule has 1 saturated carbocycles. The fraction of sp³-hybridized carbons (Fsp3) is 0.538. The summed E-state index contributed by atoms with van der Waals surface area (Å²) in [7, 11) is -7.33. The Morgan fingerprint density at radius 1 is 1.04 bits per heavy atom. The summed E-state index contributed by atoms with van der Waals surface area (Å²) in [6.45, 7) is 3.48. The normalized spacial score (nSPS) is 16.0. The summed E-state index contributed by atoms with van der Waals surface area (Å²) in [4.78, 5) is 0.0517. The van der Waals surface area contributed by atoms with Gasteiger partial charge in [0.1, 0.15) is 0 Å². The Bertz CT molecular complexity index is 742. The zero-order valence-electron chi connectivity index (χ0n) is 12.9. The standard InChI is InChI=1S/C13H21N3O4S2.ClH/c1-13(2,9-14)16-22(19,20)12-7-5-11(6-8-12)21(17,18)15-10-3-4-10;/h5-8,10,15-16H,3-4,9,14H2,1-2H3;1H. The number of hydrogen-bond acceptors (Lipinski definition) is 5. The van der Waals surface area contributed by atoms with Crippen molar-refractivity contribution in [2.75, 3.05) is 6.54 Å². The van der Waals surface area contributed by atoms with Gasteiger partial charge in [-0.3, -0.25) is 0 Å². The molecule has 132 valence electrons. The molecule has 0 bridgehead atoms. The van der Waals surface area contributed by atoms with Gasteiger partial charge in [-0.15, -0.1) is 12.4 Å². The van der Waals surface area contributed by atoms with Gasteiger partial charge >= 0.3 is 0 Å². The van der Waals surface area contributed by atoms with E-state index in [4.69, 9.17) is 5.73 Å². The number of hydrogen-bond donors (Lipinski definition) is 3. The quantitative estimate of drug-likeness (QED) is 0.635. The first-order chi connectivity index (χ1) is 10.1. The van der Waals surface area contributed by atoms with Crippen molar-refractivity contribution in [1.82, 2.24) is 9.44 Å². The lowest BCUT2D eigenvalue weighted by Gasteiger charge is -2.23. The van der Waals surface area contributed by atoms with Crippen molar-refractivity contribution in [3.05, 3.63) is 24.3 Å². The van der Waals surface area contributed by atoms with E-state index in [1.165, 1.54) is 24.3 Å². The smallest absolute Gasteiger partial charge is 0.241 e. The first-order valence-electron chi connectivity index (χ1n) is 6.92. The molecule has 0 unspecified atom stereocenters. The van der Waals surface area contributed by atoms with Crippen molar-refractivity contribution in [3.63, 3.8) is 0 Å². The number of sulfonamides is 2. The average Bonchev–Trinajstić information content (AvgIpc) is 3.21. The maximum Gasteiger partial charge on any atom is 0.241 e.